The molecule has 2 aromatic heterocycles. The first-order valence-corrected chi connectivity index (χ1v) is 7.70. The van der Waals surface area contributed by atoms with Crippen LogP contribution in [0.1, 0.15) is 30.2 Å². The Bertz CT molecular complexity index is 778. The van der Waals surface area contributed by atoms with Crippen molar-refractivity contribution in [2.24, 2.45) is 0 Å². The van der Waals surface area contributed by atoms with Crippen molar-refractivity contribution >= 4 is 11.2 Å². The third kappa shape index (κ3) is 2.82. The van der Waals surface area contributed by atoms with Crippen molar-refractivity contribution < 1.29 is 4.74 Å². The predicted octanol–water partition coefficient (Wildman–Crippen LogP) is 3.89. The van der Waals surface area contributed by atoms with Gasteiger partial charge in [-0.05, 0) is 37.5 Å². The quantitative estimate of drug-likeness (QED) is 0.717. The van der Waals surface area contributed by atoms with E-state index in [9.17, 15) is 0 Å². The highest BCUT2D eigenvalue weighted by Crippen LogP contribution is 2.24. The number of aromatic nitrogens is 3. The van der Waals surface area contributed by atoms with Crippen LogP contribution in [-0.4, -0.2) is 21.1 Å². The Morgan fingerprint density at radius 3 is 2.59 bits per heavy atom. The van der Waals surface area contributed by atoms with E-state index in [-0.39, 0.29) is 0 Å². The zero-order valence-corrected chi connectivity index (χ0v) is 13.3. The summed E-state index contributed by atoms with van der Waals surface area (Å²) in [5, 5.41) is 0. The van der Waals surface area contributed by atoms with Crippen molar-refractivity contribution in [2.45, 2.75) is 33.7 Å². The molecule has 3 rings (SSSR count). The molecule has 0 aliphatic heterocycles. The molecule has 22 heavy (non-hydrogen) atoms. The normalized spacial score (nSPS) is 11.0. The minimum absolute atomic E-state index is 0.655. The molecule has 0 fully saturated rings. The lowest BCUT2D eigenvalue weighted by molar-refractivity contribution is 0.282. The fraction of sp³-hybridized carbons (Fsp3) is 0.333. The summed E-state index contributed by atoms with van der Waals surface area (Å²) in [4.78, 5) is 9.35. The molecule has 0 saturated heterocycles. The van der Waals surface area contributed by atoms with Crippen molar-refractivity contribution in [3.05, 3.63) is 53.2 Å². The molecular formula is C18H21N3O. The maximum Gasteiger partial charge on any atom is 0.298 e. The van der Waals surface area contributed by atoms with Crippen LogP contribution >= 0.6 is 0 Å². The Morgan fingerprint density at radius 2 is 1.86 bits per heavy atom. The lowest BCUT2D eigenvalue weighted by atomic mass is 10.2. The van der Waals surface area contributed by atoms with Gasteiger partial charge in [0.05, 0.1) is 13.2 Å². The molecule has 2 heterocycles. The van der Waals surface area contributed by atoms with Gasteiger partial charge in [-0.3, -0.25) is 4.57 Å². The Hall–Kier alpha value is -2.36. The first kappa shape index (κ1) is 14.6. The molecule has 4 nitrogen and oxygen atoms in total. The lowest BCUT2D eigenvalue weighted by Gasteiger charge is -2.09. The molecule has 0 atom stereocenters. The van der Waals surface area contributed by atoms with Crippen LogP contribution in [-0.2, 0) is 6.54 Å². The van der Waals surface area contributed by atoms with Crippen LogP contribution in [0.25, 0.3) is 11.2 Å². The number of pyridine rings is 1. The molecule has 0 unspecified atom stereocenters. The topological polar surface area (TPSA) is 39.9 Å². The number of fused-ring (bicyclic) bond motifs is 1. The van der Waals surface area contributed by atoms with Crippen LogP contribution in [0.3, 0.4) is 0 Å². The molecule has 0 bridgehead atoms. The Morgan fingerprint density at radius 1 is 1.09 bits per heavy atom. The first-order valence-electron chi connectivity index (χ1n) is 7.70. The van der Waals surface area contributed by atoms with Crippen LogP contribution < -0.4 is 4.74 Å². The summed E-state index contributed by atoms with van der Waals surface area (Å²) >= 11 is 0. The summed E-state index contributed by atoms with van der Waals surface area (Å²) in [6, 6.07) is 13.1. The van der Waals surface area contributed by atoms with Gasteiger partial charge in [0, 0.05) is 5.69 Å². The Balaban J connectivity index is 2.11. The third-order valence-electron chi connectivity index (χ3n) is 3.61. The van der Waals surface area contributed by atoms with Crippen molar-refractivity contribution in [1.82, 2.24) is 14.5 Å². The summed E-state index contributed by atoms with van der Waals surface area (Å²) in [5.41, 5.74) is 5.17. The third-order valence-corrected chi connectivity index (χ3v) is 3.61. The molecule has 1 aromatic carbocycles. The van der Waals surface area contributed by atoms with E-state index in [1.807, 2.05) is 25.1 Å². The molecule has 0 radical (unpaired) electrons. The number of ether oxygens (including phenoxy) is 1. The fourth-order valence-electron chi connectivity index (χ4n) is 2.60. The summed E-state index contributed by atoms with van der Waals surface area (Å²) in [6.45, 7) is 7.56. The van der Waals surface area contributed by atoms with E-state index in [0.717, 1.165) is 28.8 Å². The van der Waals surface area contributed by atoms with Crippen LogP contribution in [0.15, 0.2) is 36.4 Å². The van der Waals surface area contributed by atoms with Gasteiger partial charge < -0.3 is 4.74 Å². The van der Waals surface area contributed by atoms with Gasteiger partial charge in [-0.15, -0.1) is 0 Å². The van der Waals surface area contributed by atoms with Crippen molar-refractivity contribution in [1.29, 1.82) is 0 Å². The minimum Gasteiger partial charge on any atom is -0.465 e. The predicted molar refractivity (Wildman–Crippen MR) is 88.3 cm³/mol. The first-order chi connectivity index (χ1) is 10.7. The van der Waals surface area contributed by atoms with Gasteiger partial charge in [0.25, 0.3) is 6.01 Å². The second-order valence-corrected chi connectivity index (χ2v) is 5.57. The van der Waals surface area contributed by atoms with Crippen LogP contribution in [0.5, 0.6) is 6.01 Å². The second kappa shape index (κ2) is 6.18. The maximum atomic E-state index is 5.85. The molecule has 0 saturated carbocycles. The number of nitrogens with zero attached hydrogens (tertiary/aromatic N) is 3. The van der Waals surface area contributed by atoms with Gasteiger partial charge in [-0.2, -0.15) is 4.98 Å². The molecular weight excluding hydrogens is 274 g/mol. The number of benzene rings is 1. The number of rotatable bonds is 5. The van der Waals surface area contributed by atoms with E-state index >= 15 is 0 Å². The van der Waals surface area contributed by atoms with Gasteiger partial charge in [0.2, 0.25) is 0 Å². The van der Waals surface area contributed by atoms with Gasteiger partial charge in [-0.25, -0.2) is 4.98 Å². The summed E-state index contributed by atoms with van der Waals surface area (Å²) in [7, 11) is 0. The van der Waals surface area contributed by atoms with E-state index in [1.165, 1.54) is 5.56 Å². The van der Waals surface area contributed by atoms with Crippen molar-refractivity contribution in [3.8, 4) is 6.01 Å². The van der Waals surface area contributed by atoms with Crippen molar-refractivity contribution in [3.63, 3.8) is 0 Å². The minimum atomic E-state index is 0.655. The highest BCUT2D eigenvalue weighted by molar-refractivity contribution is 5.76. The molecule has 0 aliphatic rings. The number of hydrogen-bond donors (Lipinski definition) is 0. The van der Waals surface area contributed by atoms with Gasteiger partial charge in [0.1, 0.15) is 5.52 Å². The van der Waals surface area contributed by atoms with E-state index in [1.54, 1.807) is 0 Å². The Labute approximate surface area is 130 Å². The SMILES string of the molecule is CCCOc1nc2c(C)cc(C)nc2n1Cc1ccccc1. The fourth-order valence-corrected chi connectivity index (χ4v) is 2.60. The van der Waals surface area contributed by atoms with Crippen molar-refractivity contribution in [2.75, 3.05) is 6.61 Å². The molecule has 114 valence electrons. The monoisotopic (exact) mass is 295 g/mol. The number of aryl methyl sites for hydroxylation is 2. The largest absolute Gasteiger partial charge is 0.465 e. The average molecular weight is 295 g/mol. The van der Waals surface area contributed by atoms with E-state index in [2.05, 4.69) is 46.6 Å². The summed E-state index contributed by atoms with van der Waals surface area (Å²) in [6.07, 6.45) is 0.958. The van der Waals surface area contributed by atoms with Gasteiger partial charge in [-0.1, -0.05) is 37.3 Å². The van der Waals surface area contributed by atoms with Crippen LogP contribution in [0, 0.1) is 13.8 Å². The summed E-state index contributed by atoms with van der Waals surface area (Å²) in [5.74, 6) is 0. The molecule has 4 heteroatoms. The molecule has 3 aromatic rings. The molecule has 0 amide bonds. The zero-order chi connectivity index (χ0) is 15.5. The number of imidazole rings is 1. The van der Waals surface area contributed by atoms with Crippen LogP contribution in [0.2, 0.25) is 0 Å². The maximum absolute atomic E-state index is 5.85. The highest BCUT2D eigenvalue weighted by Gasteiger charge is 2.15. The van der Waals surface area contributed by atoms with Gasteiger partial charge >= 0.3 is 0 Å². The molecule has 0 N–H and O–H groups in total. The molecule has 0 aliphatic carbocycles. The number of hydrogen-bond acceptors (Lipinski definition) is 3. The standard InChI is InChI=1S/C18H21N3O/c1-4-10-22-18-20-16-13(2)11-14(3)19-17(16)21(18)12-15-8-6-5-7-9-15/h5-9,11H,4,10,12H2,1-3H3. The zero-order valence-electron chi connectivity index (χ0n) is 13.3. The van der Waals surface area contributed by atoms with E-state index in [0.29, 0.717) is 19.2 Å². The highest BCUT2D eigenvalue weighted by atomic mass is 16.5. The Kier molecular flexibility index (Phi) is 4.09. The smallest absolute Gasteiger partial charge is 0.298 e. The summed E-state index contributed by atoms with van der Waals surface area (Å²) < 4.78 is 7.92. The van der Waals surface area contributed by atoms with E-state index in [4.69, 9.17) is 4.74 Å². The van der Waals surface area contributed by atoms with E-state index < -0.39 is 0 Å². The lowest BCUT2D eigenvalue weighted by Crippen LogP contribution is -2.06. The van der Waals surface area contributed by atoms with Gasteiger partial charge in [0.15, 0.2) is 5.65 Å². The molecule has 0 spiro atoms. The second-order valence-electron chi connectivity index (χ2n) is 5.57. The van der Waals surface area contributed by atoms with Crippen LogP contribution in [0.4, 0.5) is 0 Å². The average Bonchev–Trinajstić information content (AvgIpc) is 2.85.